The van der Waals surface area contributed by atoms with E-state index in [1.54, 1.807) is 20.8 Å². The van der Waals surface area contributed by atoms with Crippen molar-refractivity contribution < 1.29 is 14.3 Å². The lowest BCUT2D eigenvalue weighted by molar-refractivity contribution is -0.156. The largest absolute Gasteiger partial charge is 0.460 e. The van der Waals surface area contributed by atoms with Crippen molar-refractivity contribution in [2.24, 2.45) is 5.73 Å². The summed E-state index contributed by atoms with van der Waals surface area (Å²) in [5.74, 6) is -0.792. The fraction of sp³-hybridized carbons (Fsp3) is 0.818. The number of ether oxygens (including phenoxy) is 1. The molecular weight excluding hydrogens is 208 g/mol. The SMILES string of the molecule is CC(C)NC(=O)[C@@H](N)CC(=O)OC(C)(C)C. The van der Waals surface area contributed by atoms with Gasteiger partial charge in [0.15, 0.2) is 0 Å². The molecule has 0 spiro atoms. The highest BCUT2D eigenvalue weighted by atomic mass is 16.6. The molecule has 5 nitrogen and oxygen atoms in total. The topological polar surface area (TPSA) is 81.4 Å². The second-order valence-corrected chi connectivity index (χ2v) is 5.06. The molecule has 0 aromatic rings. The van der Waals surface area contributed by atoms with Crippen molar-refractivity contribution in [3.05, 3.63) is 0 Å². The van der Waals surface area contributed by atoms with Crippen LogP contribution >= 0.6 is 0 Å². The minimum Gasteiger partial charge on any atom is -0.460 e. The summed E-state index contributed by atoms with van der Waals surface area (Å²) in [5.41, 5.74) is 5.02. The third kappa shape index (κ3) is 7.23. The lowest BCUT2D eigenvalue weighted by Crippen LogP contribution is -2.45. The van der Waals surface area contributed by atoms with Crippen LogP contribution in [0.1, 0.15) is 41.0 Å². The van der Waals surface area contributed by atoms with E-state index in [0.717, 1.165) is 0 Å². The number of carbonyl (C=O) groups excluding carboxylic acids is 2. The van der Waals surface area contributed by atoms with Gasteiger partial charge in [-0.2, -0.15) is 0 Å². The number of rotatable bonds is 4. The molecule has 0 heterocycles. The number of carbonyl (C=O) groups is 2. The molecule has 0 aromatic carbocycles. The van der Waals surface area contributed by atoms with Gasteiger partial charge in [0.25, 0.3) is 0 Å². The molecule has 0 saturated heterocycles. The summed E-state index contributed by atoms with van der Waals surface area (Å²) in [6.45, 7) is 8.97. The molecule has 0 aliphatic heterocycles. The van der Waals surface area contributed by atoms with Crippen LogP contribution in [0.15, 0.2) is 0 Å². The van der Waals surface area contributed by atoms with Gasteiger partial charge in [0.05, 0.1) is 12.5 Å². The van der Waals surface area contributed by atoms with Gasteiger partial charge < -0.3 is 15.8 Å². The summed E-state index contributed by atoms with van der Waals surface area (Å²) in [6.07, 6.45) is -0.101. The highest BCUT2D eigenvalue weighted by Crippen LogP contribution is 2.08. The Morgan fingerprint density at radius 2 is 1.81 bits per heavy atom. The Labute approximate surface area is 96.7 Å². The van der Waals surface area contributed by atoms with Gasteiger partial charge in [0.1, 0.15) is 5.60 Å². The lowest BCUT2D eigenvalue weighted by Gasteiger charge is -2.21. The molecule has 94 valence electrons. The molecule has 5 heteroatoms. The first kappa shape index (κ1) is 14.9. The maximum absolute atomic E-state index is 11.4. The quantitative estimate of drug-likeness (QED) is 0.692. The number of nitrogens with two attached hydrogens (primary N) is 1. The van der Waals surface area contributed by atoms with Crippen molar-refractivity contribution in [3.63, 3.8) is 0 Å². The summed E-state index contributed by atoms with van der Waals surface area (Å²) in [6, 6.07) is -0.838. The Balaban J connectivity index is 4.09. The van der Waals surface area contributed by atoms with Crippen molar-refractivity contribution in [3.8, 4) is 0 Å². The molecule has 0 aliphatic carbocycles. The minimum atomic E-state index is -0.850. The minimum absolute atomic E-state index is 0.0113. The summed E-state index contributed by atoms with van der Waals surface area (Å²) >= 11 is 0. The Morgan fingerprint density at radius 3 is 2.19 bits per heavy atom. The van der Waals surface area contributed by atoms with Gasteiger partial charge in [-0.05, 0) is 34.6 Å². The van der Waals surface area contributed by atoms with E-state index in [1.165, 1.54) is 0 Å². The van der Waals surface area contributed by atoms with Crippen LogP contribution in [0.25, 0.3) is 0 Å². The molecule has 0 aromatic heterocycles. The summed E-state index contributed by atoms with van der Waals surface area (Å²) in [4.78, 5) is 22.8. The van der Waals surface area contributed by atoms with Gasteiger partial charge in [-0.15, -0.1) is 0 Å². The monoisotopic (exact) mass is 230 g/mol. The van der Waals surface area contributed by atoms with Crippen LogP contribution in [0.5, 0.6) is 0 Å². The fourth-order valence-corrected chi connectivity index (χ4v) is 1.05. The highest BCUT2D eigenvalue weighted by molar-refractivity contribution is 5.86. The second kappa shape index (κ2) is 5.84. The summed E-state index contributed by atoms with van der Waals surface area (Å²) in [5, 5.41) is 2.64. The molecule has 1 atom stereocenters. The first-order chi connectivity index (χ1) is 7.11. The van der Waals surface area contributed by atoms with Crippen LogP contribution in [0.2, 0.25) is 0 Å². The van der Waals surface area contributed by atoms with Crippen LogP contribution in [0.4, 0.5) is 0 Å². The van der Waals surface area contributed by atoms with E-state index in [9.17, 15) is 9.59 Å². The standard InChI is InChI=1S/C11H22N2O3/c1-7(2)13-10(15)8(12)6-9(14)16-11(3,4)5/h7-8H,6,12H2,1-5H3,(H,13,15)/t8-/m0/s1. The molecule has 0 unspecified atom stereocenters. The average Bonchev–Trinajstić information content (AvgIpc) is 1.98. The number of amides is 1. The van der Waals surface area contributed by atoms with Gasteiger partial charge in [-0.3, -0.25) is 9.59 Å². The van der Waals surface area contributed by atoms with Crippen molar-refractivity contribution in [1.29, 1.82) is 0 Å². The Kier molecular flexibility index (Phi) is 5.44. The Bertz CT molecular complexity index is 256. The van der Waals surface area contributed by atoms with Crippen LogP contribution in [0.3, 0.4) is 0 Å². The van der Waals surface area contributed by atoms with E-state index in [-0.39, 0.29) is 18.4 Å². The molecule has 0 saturated carbocycles. The van der Waals surface area contributed by atoms with E-state index in [4.69, 9.17) is 10.5 Å². The lowest BCUT2D eigenvalue weighted by atomic mass is 10.1. The van der Waals surface area contributed by atoms with Gasteiger partial charge >= 0.3 is 5.97 Å². The van der Waals surface area contributed by atoms with Crippen molar-refractivity contribution in [1.82, 2.24) is 5.32 Å². The maximum atomic E-state index is 11.4. The van der Waals surface area contributed by atoms with Gasteiger partial charge in [-0.25, -0.2) is 0 Å². The smallest absolute Gasteiger partial charge is 0.308 e. The van der Waals surface area contributed by atoms with Crippen molar-refractivity contribution >= 4 is 11.9 Å². The van der Waals surface area contributed by atoms with Crippen LogP contribution in [-0.2, 0) is 14.3 Å². The molecule has 0 rings (SSSR count). The Morgan fingerprint density at radius 1 is 1.31 bits per heavy atom. The third-order valence-corrected chi connectivity index (χ3v) is 1.57. The molecule has 0 fully saturated rings. The molecule has 0 aliphatic rings. The van der Waals surface area contributed by atoms with Gasteiger partial charge in [0, 0.05) is 6.04 Å². The summed E-state index contributed by atoms with van der Waals surface area (Å²) in [7, 11) is 0. The maximum Gasteiger partial charge on any atom is 0.308 e. The predicted octanol–water partition coefficient (Wildman–Crippen LogP) is 0.570. The van der Waals surface area contributed by atoms with E-state index in [0.29, 0.717) is 0 Å². The average molecular weight is 230 g/mol. The number of hydrogen-bond donors (Lipinski definition) is 2. The first-order valence-corrected chi connectivity index (χ1v) is 5.39. The van der Waals surface area contributed by atoms with Crippen molar-refractivity contribution in [2.45, 2.75) is 58.7 Å². The number of hydrogen-bond acceptors (Lipinski definition) is 4. The normalized spacial score (nSPS) is 13.4. The molecule has 1 amide bonds. The second-order valence-electron chi connectivity index (χ2n) is 5.06. The zero-order valence-corrected chi connectivity index (χ0v) is 10.7. The van der Waals surface area contributed by atoms with Crippen LogP contribution in [0, 0.1) is 0 Å². The van der Waals surface area contributed by atoms with Crippen molar-refractivity contribution in [2.75, 3.05) is 0 Å². The highest BCUT2D eigenvalue weighted by Gasteiger charge is 2.22. The fourth-order valence-electron chi connectivity index (χ4n) is 1.05. The first-order valence-electron chi connectivity index (χ1n) is 5.39. The van der Waals surface area contributed by atoms with E-state index >= 15 is 0 Å². The van der Waals surface area contributed by atoms with Crippen LogP contribution < -0.4 is 11.1 Å². The van der Waals surface area contributed by atoms with Crippen LogP contribution in [-0.4, -0.2) is 29.6 Å². The zero-order chi connectivity index (χ0) is 12.9. The van der Waals surface area contributed by atoms with E-state index in [1.807, 2.05) is 13.8 Å². The number of esters is 1. The van der Waals surface area contributed by atoms with E-state index in [2.05, 4.69) is 5.32 Å². The third-order valence-electron chi connectivity index (χ3n) is 1.57. The van der Waals surface area contributed by atoms with E-state index < -0.39 is 17.6 Å². The molecular formula is C11H22N2O3. The predicted molar refractivity (Wildman–Crippen MR) is 61.7 cm³/mol. The molecule has 0 bridgehead atoms. The van der Waals surface area contributed by atoms with Gasteiger partial charge in [0.2, 0.25) is 5.91 Å². The summed E-state index contributed by atoms with van der Waals surface area (Å²) < 4.78 is 5.06. The molecule has 3 N–H and O–H groups in total. The van der Waals surface area contributed by atoms with Gasteiger partial charge in [-0.1, -0.05) is 0 Å². The molecule has 16 heavy (non-hydrogen) atoms. The Hall–Kier alpha value is -1.10. The molecule has 0 radical (unpaired) electrons. The number of nitrogens with one attached hydrogen (secondary N) is 1. The zero-order valence-electron chi connectivity index (χ0n) is 10.7.